The van der Waals surface area contributed by atoms with Crippen molar-refractivity contribution in [3.05, 3.63) is 0 Å². The van der Waals surface area contributed by atoms with Crippen LogP contribution < -0.4 is 5.32 Å². The van der Waals surface area contributed by atoms with E-state index >= 15 is 0 Å². The molecule has 0 aliphatic heterocycles. The summed E-state index contributed by atoms with van der Waals surface area (Å²) in [4.78, 5) is 0. The maximum Gasteiger partial charge on any atom is 0.0175 e. The highest BCUT2D eigenvalue weighted by Crippen LogP contribution is 2.62. The van der Waals surface area contributed by atoms with Crippen LogP contribution in [0.25, 0.3) is 0 Å². The molecule has 0 heterocycles. The summed E-state index contributed by atoms with van der Waals surface area (Å²) in [5.41, 5.74) is 1.11. The second-order valence-electron chi connectivity index (χ2n) is 8.78. The zero-order valence-electron chi connectivity index (χ0n) is 13.5. The number of nitrogens with one attached hydrogen (secondary N) is 1. The van der Waals surface area contributed by atoms with E-state index in [-0.39, 0.29) is 0 Å². The van der Waals surface area contributed by atoms with Crippen molar-refractivity contribution in [1.82, 2.24) is 5.32 Å². The van der Waals surface area contributed by atoms with Crippen LogP contribution in [0.1, 0.15) is 72.6 Å². The normalized spacial score (nSPS) is 48.6. The maximum absolute atomic E-state index is 4.04. The molecule has 0 aromatic heterocycles. The smallest absolute Gasteiger partial charge is 0.0175 e. The predicted molar refractivity (Wildman–Crippen MR) is 82.1 cm³/mol. The lowest BCUT2D eigenvalue weighted by molar-refractivity contribution is 0.0979. The number of fused-ring (bicyclic) bond motifs is 2. The van der Waals surface area contributed by atoms with Crippen molar-refractivity contribution in [2.75, 3.05) is 6.54 Å². The van der Waals surface area contributed by atoms with E-state index in [4.69, 9.17) is 0 Å². The Bertz CT molecular complexity index is 330. The molecule has 3 saturated carbocycles. The Hall–Kier alpha value is -0.0400. The third-order valence-corrected chi connectivity index (χ3v) is 7.14. The van der Waals surface area contributed by atoms with Gasteiger partial charge in [0.25, 0.3) is 0 Å². The van der Waals surface area contributed by atoms with Gasteiger partial charge in [0.2, 0.25) is 0 Å². The monoisotopic (exact) mass is 263 g/mol. The molecule has 19 heavy (non-hydrogen) atoms. The minimum Gasteiger partial charge on any atom is -0.313 e. The predicted octanol–water partition coefficient (Wildman–Crippen LogP) is 4.62. The van der Waals surface area contributed by atoms with Crippen molar-refractivity contribution in [3.8, 4) is 0 Å². The van der Waals surface area contributed by atoms with E-state index in [2.05, 4.69) is 33.0 Å². The van der Waals surface area contributed by atoms with E-state index in [1.165, 1.54) is 51.5 Å². The summed E-state index contributed by atoms with van der Waals surface area (Å²) in [7, 11) is 0. The summed E-state index contributed by atoms with van der Waals surface area (Å²) >= 11 is 0. The molecule has 5 atom stereocenters. The average Bonchev–Trinajstić information content (AvgIpc) is 2.82. The molecule has 1 heteroatoms. The van der Waals surface area contributed by atoms with Crippen LogP contribution in [0.3, 0.4) is 0 Å². The highest BCUT2D eigenvalue weighted by Gasteiger charge is 2.58. The molecule has 3 fully saturated rings. The van der Waals surface area contributed by atoms with Crippen LogP contribution in [0.2, 0.25) is 0 Å². The summed E-state index contributed by atoms with van der Waals surface area (Å²) in [6.45, 7) is 11.3. The third-order valence-electron chi connectivity index (χ3n) is 7.14. The summed E-state index contributed by atoms with van der Waals surface area (Å²) in [6.07, 6.45) is 10.2. The van der Waals surface area contributed by atoms with Gasteiger partial charge < -0.3 is 5.32 Å². The van der Waals surface area contributed by atoms with Crippen molar-refractivity contribution >= 4 is 0 Å². The Morgan fingerprint density at radius 3 is 2.42 bits per heavy atom. The van der Waals surface area contributed by atoms with Crippen LogP contribution in [-0.2, 0) is 0 Å². The molecule has 0 spiro atoms. The fraction of sp³-hybridized carbons (Fsp3) is 1.00. The molecule has 2 bridgehead atoms. The highest BCUT2D eigenvalue weighted by atomic mass is 15.0. The zero-order valence-corrected chi connectivity index (χ0v) is 13.5. The van der Waals surface area contributed by atoms with E-state index in [1.807, 2.05) is 0 Å². The molecule has 110 valence electrons. The van der Waals surface area contributed by atoms with E-state index in [0.29, 0.717) is 10.8 Å². The molecule has 3 aliphatic carbocycles. The first kappa shape index (κ1) is 13.9. The Labute approximate surface area is 119 Å². The molecule has 3 aliphatic rings. The Morgan fingerprint density at radius 1 is 1.05 bits per heavy atom. The van der Waals surface area contributed by atoms with Gasteiger partial charge in [-0.1, -0.05) is 47.0 Å². The van der Waals surface area contributed by atoms with Gasteiger partial charge in [-0.2, -0.15) is 0 Å². The van der Waals surface area contributed by atoms with E-state index in [9.17, 15) is 0 Å². The molecule has 1 N–H and O–H groups in total. The standard InChI is InChI=1S/C18H33N/c1-13-7-5-6-8-14(13)12-19-16-17(2,3)15-9-10-18(16,4)11-15/h13-16,19H,5-12H2,1-4H3. The van der Waals surface area contributed by atoms with Crippen molar-refractivity contribution < 1.29 is 0 Å². The van der Waals surface area contributed by atoms with Gasteiger partial charge in [0.1, 0.15) is 0 Å². The fourth-order valence-electron chi connectivity index (χ4n) is 5.78. The highest BCUT2D eigenvalue weighted by molar-refractivity contribution is 5.12. The molecule has 0 amide bonds. The van der Waals surface area contributed by atoms with Crippen LogP contribution in [-0.4, -0.2) is 12.6 Å². The van der Waals surface area contributed by atoms with E-state index in [0.717, 1.165) is 23.8 Å². The third kappa shape index (κ3) is 2.26. The van der Waals surface area contributed by atoms with E-state index in [1.54, 1.807) is 0 Å². The SMILES string of the molecule is CC1CCCCC1CNC1C2(C)CCC(C2)C1(C)C. The molecular weight excluding hydrogens is 230 g/mol. The second kappa shape index (κ2) is 4.76. The van der Waals surface area contributed by atoms with Crippen LogP contribution in [0.4, 0.5) is 0 Å². The first-order valence-corrected chi connectivity index (χ1v) is 8.67. The van der Waals surface area contributed by atoms with Crippen molar-refractivity contribution in [1.29, 1.82) is 0 Å². The topological polar surface area (TPSA) is 12.0 Å². The van der Waals surface area contributed by atoms with Gasteiger partial charge in [-0.05, 0) is 60.8 Å². The minimum absolute atomic E-state index is 0.519. The van der Waals surface area contributed by atoms with Crippen LogP contribution in [0.15, 0.2) is 0 Å². The number of hydrogen-bond acceptors (Lipinski definition) is 1. The summed E-state index contributed by atoms with van der Waals surface area (Å²) in [5.74, 6) is 2.85. The van der Waals surface area contributed by atoms with Gasteiger partial charge in [-0.25, -0.2) is 0 Å². The van der Waals surface area contributed by atoms with Gasteiger partial charge in [-0.15, -0.1) is 0 Å². The molecule has 1 nitrogen and oxygen atoms in total. The van der Waals surface area contributed by atoms with Crippen LogP contribution in [0, 0.1) is 28.6 Å². The Balaban J connectivity index is 1.63. The molecule has 0 aromatic carbocycles. The van der Waals surface area contributed by atoms with Gasteiger partial charge in [0.05, 0.1) is 0 Å². The summed E-state index contributed by atoms with van der Waals surface area (Å²) < 4.78 is 0. The molecule has 0 saturated heterocycles. The molecule has 0 radical (unpaired) electrons. The Kier molecular flexibility index (Phi) is 3.48. The minimum atomic E-state index is 0.519. The largest absolute Gasteiger partial charge is 0.313 e. The quantitative estimate of drug-likeness (QED) is 0.783. The summed E-state index contributed by atoms with van der Waals surface area (Å²) in [6, 6.07) is 0.757. The van der Waals surface area contributed by atoms with Crippen LogP contribution in [0.5, 0.6) is 0 Å². The average molecular weight is 263 g/mol. The van der Waals surface area contributed by atoms with Crippen molar-refractivity contribution in [3.63, 3.8) is 0 Å². The Morgan fingerprint density at radius 2 is 1.79 bits per heavy atom. The van der Waals surface area contributed by atoms with Gasteiger partial charge >= 0.3 is 0 Å². The molecule has 0 aromatic rings. The number of rotatable bonds is 3. The lowest BCUT2D eigenvalue weighted by Crippen LogP contribution is -2.52. The van der Waals surface area contributed by atoms with Crippen molar-refractivity contribution in [2.45, 2.75) is 78.7 Å². The first-order valence-electron chi connectivity index (χ1n) is 8.67. The van der Waals surface area contributed by atoms with Gasteiger partial charge in [0, 0.05) is 6.04 Å². The van der Waals surface area contributed by atoms with E-state index < -0.39 is 0 Å². The zero-order chi connectivity index (χ0) is 13.7. The lowest BCUT2D eigenvalue weighted by atomic mass is 9.68. The van der Waals surface area contributed by atoms with Crippen LogP contribution >= 0.6 is 0 Å². The molecule has 3 rings (SSSR count). The van der Waals surface area contributed by atoms with Crippen molar-refractivity contribution in [2.24, 2.45) is 28.6 Å². The number of hydrogen-bond donors (Lipinski definition) is 1. The summed E-state index contributed by atoms with van der Waals surface area (Å²) in [5, 5.41) is 4.04. The van der Waals surface area contributed by atoms with Gasteiger partial charge in [-0.3, -0.25) is 0 Å². The van der Waals surface area contributed by atoms with Gasteiger partial charge in [0.15, 0.2) is 0 Å². The molecule has 5 unspecified atom stereocenters. The lowest BCUT2D eigenvalue weighted by Gasteiger charge is -2.44. The first-order chi connectivity index (χ1) is 8.93. The molecular formula is C18H33N. The second-order valence-corrected chi connectivity index (χ2v) is 8.78. The fourth-order valence-corrected chi connectivity index (χ4v) is 5.78. The maximum atomic E-state index is 4.04.